The van der Waals surface area contributed by atoms with E-state index in [9.17, 15) is 18.3 Å². The fourth-order valence-electron chi connectivity index (χ4n) is 5.76. The van der Waals surface area contributed by atoms with Crippen molar-refractivity contribution >= 4 is 31.9 Å². The number of hydrogen-bond donors (Lipinski definition) is 1. The Morgan fingerprint density at radius 3 is 1.45 bits per heavy atom. The number of methoxy groups -OCH3 is 2. The minimum atomic E-state index is -0.459. The molecule has 2 aromatic heterocycles. The Hall–Kier alpha value is -4.71. The third-order valence-corrected chi connectivity index (χ3v) is 9.65. The number of aromatic nitrogens is 2. The summed E-state index contributed by atoms with van der Waals surface area (Å²) < 4.78 is 58.8. The van der Waals surface area contributed by atoms with Gasteiger partial charge in [0, 0.05) is 44.6 Å². The zero-order valence-electron chi connectivity index (χ0n) is 33.3. The number of pyridine rings is 2. The van der Waals surface area contributed by atoms with Crippen LogP contribution in [-0.4, -0.2) is 29.3 Å². The quantitative estimate of drug-likeness (QED) is 0.153. The molecule has 6 nitrogen and oxygen atoms in total. The predicted octanol–water partition coefficient (Wildman–Crippen LogP) is 13.4. The van der Waals surface area contributed by atoms with Crippen molar-refractivity contribution in [2.45, 2.75) is 73.0 Å². The van der Waals surface area contributed by atoms with Gasteiger partial charge in [-0.05, 0) is 92.7 Å². The van der Waals surface area contributed by atoms with Crippen LogP contribution in [0.25, 0.3) is 22.3 Å². The molecule has 308 valence electrons. The maximum Gasteiger partial charge on any atom is 0.214 e. The molecule has 58 heavy (non-hydrogen) atoms. The highest BCUT2D eigenvalue weighted by Gasteiger charge is 2.23. The van der Waals surface area contributed by atoms with E-state index in [1.807, 2.05) is 42.5 Å². The summed E-state index contributed by atoms with van der Waals surface area (Å²) in [5, 5.41) is 9.33. The minimum absolute atomic E-state index is 0. The van der Waals surface area contributed by atoms with Crippen molar-refractivity contribution in [1.82, 2.24) is 9.97 Å². The summed E-state index contributed by atoms with van der Waals surface area (Å²) in [6.45, 7) is 12.9. The molecule has 6 aromatic rings. The van der Waals surface area contributed by atoms with Crippen molar-refractivity contribution in [3.8, 4) is 39.6 Å². The Morgan fingerprint density at radius 2 is 1.03 bits per heavy atom. The van der Waals surface area contributed by atoms with Gasteiger partial charge in [-0.2, -0.15) is 4.39 Å². The lowest BCUT2D eigenvalue weighted by Gasteiger charge is -2.24. The van der Waals surface area contributed by atoms with Crippen molar-refractivity contribution in [3.63, 3.8) is 0 Å². The van der Waals surface area contributed by atoms with E-state index in [0.717, 1.165) is 37.9 Å². The highest BCUT2D eigenvalue weighted by molar-refractivity contribution is 9.10. The molecule has 0 aliphatic carbocycles. The van der Waals surface area contributed by atoms with E-state index in [-0.39, 0.29) is 36.5 Å². The number of hydrogen-bond acceptors (Lipinski definition) is 6. The van der Waals surface area contributed by atoms with Crippen LogP contribution < -0.4 is 14.2 Å². The Labute approximate surface area is 357 Å². The summed E-state index contributed by atoms with van der Waals surface area (Å²) in [6, 6.07) is 27.8. The van der Waals surface area contributed by atoms with Gasteiger partial charge in [0.2, 0.25) is 11.8 Å². The second kappa shape index (κ2) is 21.3. The number of aliphatic hydroxyl groups is 1. The molecule has 0 saturated carbocycles. The van der Waals surface area contributed by atoms with Gasteiger partial charge in [-0.15, -0.1) is 0 Å². The van der Waals surface area contributed by atoms with E-state index in [4.69, 9.17) is 14.2 Å². The van der Waals surface area contributed by atoms with Gasteiger partial charge in [0.15, 0.2) is 0 Å². The molecule has 0 atom stereocenters. The molecule has 0 bridgehead atoms. The van der Waals surface area contributed by atoms with E-state index < -0.39 is 5.95 Å². The lowest BCUT2D eigenvalue weighted by atomic mass is 9.81. The van der Waals surface area contributed by atoms with Crippen molar-refractivity contribution in [1.29, 1.82) is 0 Å². The smallest absolute Gasteiger partial charge is 0.214 e. The first kappa shape index (κ1) is 47.7. The second-order valence-electron chi connectivity index (χ2n) is 15.0. The normalized spacial score (nSPS) is 10.9. The molecular formula is C47H51Br2F3N2O4. The molecule has 11 heteroatoms. The molecule has 0 aliphatic rings. The van der Waals surface area contributed by atoms with Crippen molar-refractivity contribution in [3.05, 3.63) is 158 Å². The van der Waals surface area contributed by atoms with Gasteiger partial charge in [0.25, 0.3) is 0 Å². The first-order chi connectivity index (χ1) is 26.9. The number of nitrogens with zero attached hydrogens (tertiary/aromatic N) is 2. The van der Waals surface area contributed by atoms with Crippen molar-refractivity contribution in [2.75, 3.05) is 14.2 Å². The van der Waals surface area contributed by atoms with Crippen LogP contribution >= 0.6 is 31.9 Å². The van der Waals surface area contributed by atoms with Crippen molar-refractivity contribution < 1.29 is 32.5 Å². The predicted molar refractivity (Wildman–Crippen MR) is 235 cm³/mol. The Morgan fingerprint density at radius 1 is 0.569 bits per heavy atom. The van der Waals surface area contributed by atoms with E-state index in [1.54, 1.807) is 50.7 Å². The lowest BCUT2D eigenvalue weighted by molar-refractivity contribution is 0.281. The molecular weight excluding hydrogens is 873 g/mol. The third kappa shape index (κ3) is 13.4. The number of rotatable bonds is 8. The largest absolute Gasteiger partial charge is 0.497 e. The van der Waals surface area contributed by atoms with Crippen LogP contribution in [0.2, 0.25) is 0 Å². The Bertz CT molecular complexity index is 2260. The van der Waals surface area contributed by atoms with E-state index in [0.29, 0.717) is 39.6 Å². The van der Waals surface area contributed by atoms with Crippen LogP contribution in [0.5, 0.6) is 17.4 Å². The highest BCUT2D eigenvalue weighted by atomic mass is 79.9. The Balaban J connectivity index is 0.000000263. The maximum atomic E-state index is 14.6. The van der Waals surface area contributed by atoms with Gasteiger partial charge < -0.3 is 19.3 Å². The van der Waals surface area contributed by atoms with E-state index >= 15 is 0 Å². The fraction of sp³-hybridized carbons (Fsp3) is 0.277. The van der Waals surface area contributed by atoms with Crippen LogP contribution in [0.4, 0.5) is 13.2 Å². The third-order valence-electron chi connectivity index (χ3n) is 8.67. The average molecular weight is 925 g/mol. The number of benzene rings is 4. The van der Waals surface area contributed by atoms with Crippen LogP contribution in [0.3, 0.4) is 0 Å². The van der Waals surface area contributed by atoms with Crippen LogP contribution in [0.1, 0.15) is 71.2 Å². The molecule has 6 rings (SSSR count). The lowest BCUT2D eigenvalue weighted by Crippen LogP contribution is -2.14. The van der Waals surface area contributed by atoms with Gasteiger partial charge >= 0.3 is 0 Å². The minimum Gasteiger partial charge on any atom is -0.497 e. The standard InChI is InChI=1S/C23H23BrFNO2.C18H21FO2.C5H3BrFN.CH4/c1-23(2,3)20-11-15(14-28-22-12-16(24)9-10-26-22)5-7-18(20)19-13-17(27-4)6-8-21(19)25;1-18(2,3)16-9-12(11-20)5-7-14(16)15-10-13(21-4)6-8-17(15)19;6-4-1-2-8-5(7)3-4;/h5-13H,14H2,1-4H3;5-10,20H,11H2,1-4H3;1-3H;1H4. The molecule has 0 radical (unpaired) electrons. The molecule has 2 heterocycles. The average Bonchev–Trinajstić information content (AvgIpc) is 3.17. The molecule has 0 aliphatic heterocycles. The van der Waals surface area contributed by atoms with Gasteiger partial charge in [0.05, 0.1) is 20.8 Å². The summed E-state index contributed by atoms with van der Waals surface area (Å²) >= 11 is 6.50. The summed E-state index contributed by atoms with van der Waals surface area (Å²) in [5.41, 5.74) is 6.28. The molecule has 1 N–H and O–H groups in total. The van der Waals surface area contributed by atoms with Crippen LogP contribution in [0, 0.1) is 17.6 Å². The maximum absolute atomic E-state index is 14.6. The highest BCUT2D eigenvalue weighted by Crippen LogP contribution is 2.38. The SMILES string of the molecule is C.COc1ccc(F)c(-c2ccc(CO)cc2C(C)(C)C)c1.COc1ccc(F)c(-c2ccc(COc3cc(Br)ccn3)cc2C(C)(C)C)c1.Fc1cc(Br)ccn1. The monoisotopic (exact) mass is 922 g/mol. The summed E-state index contributed by atoms with van der Waals surface area (Å²) in [6.07, 6.45) is 3.09. The molecule has 0 unspecified atom stereocenters. The molecule has 0 saturated heterocycles. The number of aliphatic hydroxyl groups excluding tert-OH is 1. The van der Waals surface area contributed by atoms with E-state index in [1.165, 1.54) is 24.4 Å². The molecule has 0 spiro atoms. The van der Waals surface area contributed by atoms with Crippen molar-refractivity contribution in [2.24, 2.45) is 0 Å². The summed E-state index contributed by atoms with van der Waals surface area (Å²) in [4.78, 5) is 7.55. The molecule has 0 fully saturated rings. The van der Waals surface area contributed by atoms with Crippen LogP contribution in [0.15, 0.2) is 118 Å². The van der Waals surface area contributed by atoms with Gasteiger partial charge in [0.1, 0.15) is 29.7 Å². The zero-order valence-corrected chi connectivity index (χ0v) is 36.4. The van der Waals surface area contributed by atoms with Crippen LogP contribution in [-0.2, 0) is 24.0 Å². The summed E-state index contributed by atoms with van der Waals surface area (Å²) in [7, 11) is 3.15. The van der Waals surface area contributed by atoms with E-state index in [2.05, 4.69) is 89.4 Å². The zero-order chi connectivity index (χ0) is 41.9. The van der Waals surface area contributed by atoms with Gasteiger partial charge in [-0.3, -0.25) is 0 Å². The second-order valence-corrected chi connectivity index (χ2v) is 16.8. The van der Waals surface area contributed by atoms with Gasteiger partial charge in [-0.25, -0.2) is 18.7 Å². The fourth-order valence-corrected chi connectivity index (χ4v) is 6.38. The van der Waals surface area contributed by atoms with Gasteiger partial charge in [-0.1, -0.05) is 117 Å². The Kier molecular flexibility index (Phi) is 17.5. The first-order valence-electron chi connectivity index (χ1n) is 18.0. The first-order valence-corrected chi connectivity index (χ1v) is 19.6. The molecule has 4 aromatic carbocycles. The molecule has 0 amide bonds. The topological polar surface area (TPSA) is 73.7 Å². The number of ether oxygens (including phenoxy) is 3. The summed E-state index contributed by atoms with van der Waals surface area (Å²) in [5.74, 6) is 0.794. The number of halogens is 5.